The van der Waals surface area contributed by atoms with Gasteiger partial charge < -0.3 is 15.2 Å². The van der Waals surface area contributed by atoms with Crippen molar-refractivity contribution < 1.29 is 9.59 Å². The molecule has 1 fully saturated rings. The largest absolute Gasteiger partial charge is 0.352 e. The second kappa shape index (κ2) is 11.7. The van der Waals surface area contributed by atoms with Gasteiger partial charge in [-0.15, -0.1) is 10.2 Å². The van der Waals surface area contributed by atoms with Crippen molar-refractivity contribution in [3.05, 3.63) is 41.2 Å². The second-order valence-corrected chi connectivity index (χ2v) is 10.3. The third-order valence-corrected chi connectivity index (χ3v) is 7.36. The summed E-state index contributed by atoms with van der Waals surface area (Å²) in [5.41, 5.74) is 1.73. The van der Waals surface area contributed by atoms with Crippen molar-refractivity contribution in [1.82, 2.24) is 25.4 Å². The molecule has 8 heteroatoms. The van der Waals surface area contributed by atoms with E-state index in [1.54, 1.807) is 0 Å². The van der Waals surface area contributed by atoms with Gasteiger partial charge in [0, 0.05) is 18.2 Å². The van der Waals surface area contributed by atoms with E-state index in [0.717, 1.165) is 17.8 Å². The number of aryl methyl sites for hydroxylation is 1. The van der Waals surface area contributed by atoms with Crippen molar-refractivity contribution >= 4 is 23.6 Å². The summed E-state index contributed by atoms with van der Waals surface area (Å²) >= 11 is 1.40. The van der Waals surface area contributed by atoms with Gasteiger partial charge in [-0.1, -0.05) is 63.1 Å². The van der Waals surface area contributed by atoms with E-state index in [4.69, 9.17) is 0 Å². The number of nitrogens with one attached hydrogen (secondary N) is 2. The topological polar surface area (TPSA) is 88.9 Å². The average Bonchev–Trinajstić information content (AvgIpc) is 3.20. The maximum atomic E-state index is 12.9. The van der Waals surface area contributed by atoms with Gasteiger partial charge in [-0.25, -0.2) is 0 Å². The summed E-state index contributed by atoms with van der Waals surface area (Å²) in [6.45, 7) is 11.0. The van der Waals surface area contributed by atoms with Gasteiger partial charge in [-0.3, -0.25) is 9.59 Å². The molecule has 0 bridgehead atoms. The molecular weight excluding hydrogens is 434 g/mol. The zero-order valence-corrected chi connectivity index (χ0v) is 21.2. The number of benzene rings is 1. The van der Waals surface area contributed by atoms with Gasteiger partial charge in [-0.05, 0) is 50.7 Å². The molecule has 1 heterocycles. The lowest BCUT2D eigenvalue weighted by molar-refractivity contribution is -0.119. The zero-order valence-electron chi connectivity index (χ0n) is 20.4. The molecule has 1 aromatic heterocycles. The summed E-state index contributed by atoms with van der Waals surface area (Å²) in [7, 11) is 0. The number of carbonyl (C=O) groups excluding carboxylic acids is 2. The molecule has 1 saturated carbocycles. The summed E-state index contributed by atoms with van der Waals surface area (Å²) in [5, 5.41) is 15.8. The molecule has 7 nitrogen and oxygen atoms in total. The highest BCUT2D eigenvalue weighted by Crippen LogP contribution is 2.26. The van der Waals surface area contributed by atoms with Crippen LogP contribution in [0.25, 0.3) is 0 Å². The van der Waals surface area contributed by atoms with Crippen LogP contribution in [0.3, 0.4) is 0 Å². The number of thioether (sulfide) groups is 1. The van der Waals surface area contributed by atoms with Gasteiger partial charge in [0.05, 0.1) is 11.8 Å². The lowest BCUT2D eigenvalue weighted by Crippen LogP contribution is -2.41. The number of aromatic nitrogens is 3. The standard InChI is InChI=1S/C25H37N5O2S/c1-6-30-23(22(16(2)3)27-24(32)19-13-11-17(4)12-14-19)28-29-25(30)33-15-21(31)26-20-10-8-7-9-18(20)5/h11-14,16,18,20,22H,6-10,15H2,1-5H3,(H,26,31)(H,27,32)/t18-,20+,22+/m0/s1. The van der Waals surface area contributed by atoms with E-state index >= 15 is 0 Å². The Morgan fingerprint density at radius 3 is 2.48 bits per heavy atom. The van der Waals surface area contributed by atoms with Crippen molar-refractivity contribution in [2.45, 2.75) is 84.1 Å². The molecule has 1 aliphatic carbocycles. The van der Waals surface area contributed by atoms with Crippen LogP contribution in [-0.2, 0) is 11.3 Å². The summed E-state index contributed by atoms with van der Waals surface area (Å²) < 4.78 is 2.00. The molecule has 33 heavy (non-hydrogen) atoms. The third kappa shape index (κ3) is 6.59. The van der Waals surface area contributed by atoms with Crippen LogP contribution in [0, 0.1) is 18.8 Å². The van der Waals surface area contributed by atoms with E-state index < -0.39 is 0 Å². The van der Waals surface area contributed by atoms with Crippen LogP contribution in [0.15, 0.2) is 29.4 Å². The monoisotopic (exact) mass is 471 g/mol. The lowest BCUT2D eigenvalue weighted by atomic mass is 9.86. The molecule has 180 valence electrons. The zero-order chi connectivity index (χ0) is 24.0. The van der Waals surface area contributed by atoms with Crippen LogP contribution in [0.4, 0.5) is 0 Å². The van der Waals surface area contributed by atoms with Crippen molar-refractivity contribution in [3.63, 3.8) is 0 Å². The Bertz CT molecular complexity index is 941. The van der Waals surface area contributed by atoms with Gasteiger partial charge in [0.25, 0.3) is 5.91 Å². The van der Waals surface area contributed by atoms with Gasteiger partial charge in [0.1, 0.15) is 0 Å². The maximum Gasteiger partial charge on any atom is 0.251 e. The first-order valence-corrected chi connectivity index (χ1v) is 13.0. The van der Waals surface area contributed by atoms with Crippen LogP contribution in [0.1, 0.15) is 81.2 Å². The quantitative estimate of drug-likeness (QED) is 0.525. The van der Waals surface area contributed by atoms with E-state index in [1.807, 2.05) is 42.7 Å². The van der Waals surface area contributed by atoms with E-state index in [-0.39, 0.29) is 29.8 Å². The normalized spacial score (nSPS) is 19.3. The predicted octanol–water partition coefficient (Wildman–Crippen LogP) is 4.52. The molecule has 2 amide bonds. The Labute approximate surface area is 201 Å². The highest BCUT2D eigenvalue weighted by Gasteiger charge is 2.27. The number of carbonyl (C=O) groups is 2. The first-order valence-electron chi connectivity index (χ1n) is 12.0. The summed E-state index contributed by atoms with van der Waals surface area (Å²) in [4.78, 5) is 25.4. The van der Waals surface area contributed by atoms with Crippen molar-refractivity contribution in [1.29, 1.82) is 0 Å². The van der Waals surface area contributed by atoms with E-state index in [9.17, 15) is 9.59 Å². The summed E-state index contributed by atoms with van der Waals surface area (Å²) in [6, 6.07) is 7.52. The van der Waals surface area contributed by atoms with Gasteiger partial charge in [0.2, 0.25) is 5.91 Å². The van der Waals surface area contributed by atoms with Crippen LogP contribution in [0.2, 0.25) is 0 Å². The minimum absolute atomic E-state index is 0.0408. The molecule has 1 aromatic carbocycles. The number of rotatable bonds is 9. The highest BCUT2D eigenvalue weighted by molar-refractivity contribution is 7.99. The first kappa shape index (κ1) is 25.3. The molecular formula is C25H37N5O2S. The molecule has 0 aliphatic heterocycles. The fourth-order valence-corrected chi connectivity index (χ4v) is 5.12. The van der Waals surface area contributed by atoms with Crippen molar-refractivity contribution in [3.8, 4) is 0 Å². The van der Waals surface area contributed by atoms with Crippen molar-refractivity contribution in [2.75, 3.05) is 5.75 Å². The Hall–Kier alpha value is -2.35. The van der Waals surface area contributed by atoms with Crippen LogP contribution in [-0.4, -0.2) is 38.4 Å². The summed E-state index contributed by atoms with van der Waals surface area (Å²) in [6.07, 6.45) is 4.67. The van der Waals surface area contributed by atoms with Crippen molar-refractivity contribution in [2.24, 2.45) is 11.8 Å². The van der Waals surface area contributed by atoms with Gasteiger partial charge >= 0.3 is 0 Å². The Kier molecular flexibility index (Phi) is 8.95. The molecule has 0 radical (unpaired) electrons. The van der Waals surface area contributed by atoms with Crippen LogP contribution in [0.5, 0.6) is 0 Å². The van der Waals surface area contributed by atoms with Crippen LogP contribution < -0.4 is 10.6 Å². The molecule has 3 atom stereocenters. The van der Waals surface area contributed by atoms with E-state index in [2.05, 4.69) is 41.6 Å². The Morgan fingerprint density at radius 2 is 1.85 bits per heavy atom. The Morgan fingerprint density at radius 1 is 1.15 bits per heavy atom. The molecule has 0 spiro atoms. The Balaban J connectivity index is 1.67. The maximum absolute atomic E-state index is 12.9. The highest BCUT2D eigenvalue weighted by atomic mass is 32.2. The fourth-order valence-electron chi connectivity index (χ4n) is 4.30. The fraction of sp³-hybridized carbons (Fsp3) is 0.600. The van der Waals surface area contributed by atoms with Gasteiger partial charge in [0.15, 0.2) is 11.0 Å². The van der Waals surface area contributed by atoms with E-state index in [1.165, 1.54) is 31.0 Å². The number of nitrogens with zero attached hydrogens (tertiary/aromatic N) is 3. The smallest absolute Gasteiger partial charge is 0.251 e. The number of hydrogen-bond donors (Lipinski definition) is 2. The molecule has 3 rings (SSSR count). The number of amides is 2. The number of hydrogen-bond acceptors (Lipinski definition) is 5. The SMILES string of the molecule is CCn1c(SCC(=O)N[C@@H]2CCCC[C@@H]2C)nnc1[C@H](NC(=O)c1ccc(C)cc1)C(C)C. The first-order chi connectivity index (χ1) is 15.8. The molecule has 0 saturated heterocycles. The lowest BCUT2D eigenvalue weighted by Gasteiger charge is -2.29. The molecule has 2 N–H and O–H groups in total. The molecule has 2 aromatic rings. The minimum Gasteiger partial charge on any atom is -0.352 e. The summed E-state index contributed by atoms with van der Waals surface area (Å²) in [5.74, 6) is 1.60. The average molecular weight is 472 g/mol. The predicted molar refractivity (Wildman–Crippen MR) is 132 cm³/mol. The van der Waals surface area contributed by atoms with E-state index in [0.29, 0.717) is 28.9 Å². The minimum atomic E-state index is -0.280. The second-order valence-electron chi connectivity index (χ2n) is 9.37. The molecule has 0 unspecified atom stereocenters. The van der Waals surface area contributed by atoms with Gasteiger partial charge in [-0.2, -0.15) is 0 Å². The molecule has 1 aliphatic rings. The van der Waals surface area contributed by atoms with Crippen LogP contribution >= 0.6 is 11.8 Å². The third-order valence-electron chi connectivity index (χ3n) is 6.40.